The number of hydrogen-bond acceptors (Lipinski definition) is 5. The van der Waals surface area contributed by atoms with Crippen LogP contribution in [0.25, 0.3) is 11.1 Å². The molecular formula is C24H21N3O4. The van der Waals surface area contributed by atoms with E-state index in [2.05, 4.69) is 10.4 Å². The van der Waals surface area contributed by atoms with Crippen LogP contribution in [0.5, 0.6) is 0 Å². The van der Waals surface area contributed by atoms with E-state index in [-0.39, 0.29) is 17.9 Å². The summed E-state index contributed by atoms with van der Waals surface area (Å²) in [5, 5.41) is 6.88. The van der Waals surface area contributed by atoms with Crippen molar-refractivity contribution in [2.24, 2.45) is 0 Å². The summed E-state index contributed by atoms with van der Waals surface area (Å²) in [4.78, 5) is 25.3. The molecule has 0 atom stereocenters. The minimum atomic E-state index is -0.505. The first kappa shape index (κ1) is 20.2. The maximum absolute atomic E-state index is 12.7. The average molecular weight is 415 g/mol. The first-order chi connectivity index (χ1) is 15.1. The summed E-state index contributed by atoms with van der Waals surface area (Å²) < 4.78 is 12.5. The minimum absolute atomic E-state index is 0.143. The van der Waals surface area contributed by atoms with Crippen LogP contribution in [0.2, 0.25) is 0 Å². The summed E-state index contributed by atoms with van der Waals surface area (Å²) in [5.41, 5.74) is 2.44. The summed E-state index contributed by atoms with van der Waals surface area (Å²) in [5.74, 6) is -0.220. The summed E-state index contributed by atoms with van der Waals surface area (Å²) in [6.07, 6.45) is 3.48. The Morgan fingerprint density at radius 1 is 1.03 bits per heavy atom. The monoisotopic (exact) mass is 415 g/mol. The summed E-state index contributed by atoms with van der Waals surface area (Å²) in [6.45, 7) is 2.39. The Balaban J connectivity index is 1.57. The Hall–Kier alpha value is -4.13. The molecule has 1 amide bonds. The molecule has 7 nitrogen and oxygen atoms in total. The SMILES string of the molecule is CCOC(=O)c1cc(-c2ccccc2)ccc1NC(=O)c1ccc(Cn2cccn2)o1. The second-order valence-electron chi connectivity index (χ2n) is 6.77. The summed E-state index contributed by atoms with van der Waals surface area (Å²) in [6, 6.07) is 20.1. The van der Waals surface area contributed by atoms with E-state index in [1.807, 2.05) is 48.7 Å². The van der Waals surface area contributed by atoms with Crippen LogP contribution in [0.3, 0.4) is 0 Å². The van der Waals surface area contributed by atoms with E-state index in [4.69, 9.17) is 9.15 Å². The Morgan fingerprint density at radius 2 is 1.87 bits per heavy atom. The van der Waals surface area contributed by atoms with Gasteiger partial charge in [-0.15, -0.1) is 0 Å². The van der Waals surface area contributed by atoms with Crippen LogP contribution in [0.4, 0.5) is 5.69 Å². The normalized spacial score (nSPS) is 10.6. The van der Waals surface area contributed by atoms with Gasteiger partial charge in [0, 0.05) is 12.4 Å². The molecule has 7 heteroatoms. The molecule has 2 aromatic heterocycles. The van der Waals surface area contributed by atoms with E-state index in [0.717, 1.165) is 11.1 Å². The fourth-order valence-corrected chi connectivity index (χ4v) is 3.16. The Kier molecular flexibility index (Phi) is 5.93. The number of furan rings is 1. The second-order valence-corrected chi connectivity index (χ2v) is 6.77. The van der Waals surface area contributed by atoms with Crippen molar-refractivity contribution in [1.82, 2.24) is 9.78 Å². The number of ether oxygens (including phenoxy) is 1. The van der Waals surface area contributed by atoms with E-state index in [1.54, 1.807) is 42.1 Å². The Morgan fingerprint density at radius 3 is 2.61 bits per heavy atom. The lowest BCUT2D eigenvalue weighted by atomic mass is 10.0. The third kappa shape index (κ3) is 4.72. The number of rotatable bonds is 7. The van der Waals surface area contributed by atoms with Gasteiger partial charge in [-0.1, -0.05) is 36.4 Å². The van der Waals surface area contributed by atoms with Crippen LogP contribution in [0, 0.1) is 0 Å². The number of nitrogens with zero attached hydrogens (tertiary/aromatic N) is 2. The molecular weight excluding hydrogens is 394 g/mol. The maximum atomic E-state index is 12.7. The molecule has 1 N–H and O–H groups in total. The lowest BCUT2D eigenvalue weighted by Gasteiger charge is -2.12. The quantitative estimate of drug-likeness (QED) is 0.445. The second kappa shape index (κ2) is 9.13. The van der Waals surface area contributed by atoms with Crippen molar-refractivity contribution in [3.05, 3.63) is 96.2 Å². The van der Waals surface area contributed by atoms with E-state index in [0.29, 0.717) is 18.0 Å². The molecule has 0 saturated carbocycles. The number of hydrogen-bond donors (Lipinski definition) is 1. The smallest absolute Gasteiger partial charge is 0.340 e. The van der Waals surface area contributed by atoms with Crippen molar-refractivity contribution >= 4 is 17.6 Å². The topological polar surface area (TPSA) is 86.4 Å². The van der Waals surface area contributed by atoms with Gasteiger partial charge in [-0.25, -0.2) is 4.79 Å². The van der Waals surface area contributed by atoms with Crippen LogP contribution >= 0.6 is 0 Å². The van der Waals surface area contributed by atoms with Crippen molar-refractivity contribution in [2.75, 3.05) is 11.9 Å². The zero-order chi connectivity index (χ0) is 21.6. The largest absolute Gasteiger partial charge is 0.462 e. The highest BCUT2D eigenvalue weighted by Gasteiger charge is 2.18. The third-order valence-corrected chi connectivity index (χ3v) is 4.63. The molecule has 0 aliphatic rings. The lowest BCUT2D eigenvalue weighted by molar-refractivity contribution is 0.0527. The van der Waals surface area contributed by atoms with Crippen molar-refractivity contribution < 1.29 is 18.7 Å². The van der Waals surface area contributed by atoms with Gasteiger partial charge in [0.2, 0.25) is 0 Å². The maximum Gasteiger partial charge on any atom is 0.340 e. The molecule has 0 bridgehead atoms. The third-order valence-electron chi connectivity index (χ3n) is 4.63. The van der Waals surface area contributed by atoms with Gasteiger partial charge >= 0.3 is 5.97 Å². The number of benzene rings is 2. The molecule has 31 heavy (non-hydrogen) atoms. The fourth-order valence-electron chi connectivity index (χ4n) is 3.16. The first-order valence-corrected chi connectivity index (χ1v) is 9.88. The summed E-state index contributed by atoms with van der Waals surface area (Å²) >= 11 is 0. The first-order valence-electron chi connectivity index (χ1n) is 9.88. The van der Waals surface area contributed by atoms with E-state index in [1.165, 1.54) is 0 Å². The van der Waals surface area contributed by atoms with Crippen LogP contribution < -0.4 is 5.32 Å². The number of amides is 1. The number of aromatic nitrogens is 2. The number of carbonyl (C=O) groups excluding carboxylic acids is 2. The molecule has 2 heterocycles. The minimum Gasteiger partial charge on any atom is -0.462 e. The van der Waals surface area contributed by atoms with E-state index >= 15 is 0 Å². The van der Waals surface area contributed by atoms with Gasteiger partial charge in [-0.2, -0.15) is 5.10 Å². The van der Waals surface area contributed by atoms with E-state index in [9.17, 15) is 9.59 Å². The van der Waals surface area contributed by atoms with Gasteiger partial charge in [-0.05, 0) is 48.4 Å². The number of carbonyl (C=O) groups is 2. The Bertz CT molecular complexity index is 1180. The zero-order valence-electron chi connectivity index (χ0n) is 16.9. The van der Waals surface area contributed by atoms with Crippen LogP contribution in [-0.4, -0.2) is 28.3 Å². The zero-order valence-corrected chi connectivity index (χ0v) is 16.9. The van der Waals surface area contributed by atoms with Gasteiger partial charge in [0.15, 0.2) is 5.76 Å². The molecule has 0 spiro atoms. The predicted octanol–water partition coefficient (Wildman–Crippen LogP) is 4.62. The van der Waals surface area contributed by atoms with Crippen molar-refractivity contribution in [3.8, 4) is 11.1 Å². The standard InChI is InChI=1S/C24H21N3O4/c1-2-30-24(29)20-15-18(17-7-4-3-5-8-17)9-11-21(20)26-23(28)22-12-10-19(31-22)16-27-14-6-13-25-27/h3-15H,2,16H2,1H3,(H,26,28). The van der Waals surface area contributed by atoms with Crippen LogP contribution in [-0.2, 0) is 11.3 Å². The highest BCUT2D eigenvalue weighted by Crippen LogP contribution is 2.26. The number of esters is 1. The van der Waals surface area contributed by atoms with Crippen LogP contribution in [0.1, 0.15) is 33.6 Å². The van der Waals surface area contributed by atoms with Gasteiger partial charge in [0.25, 0.3) is 5.91 Å². The van der Waals surface area contributed by atoms with E-state index < -0.39 is 11.9 Å². The van der Waals surface area contributed by atoms with Gasteiger partial charge in [0.1, 0.15) is 5.76 Å². The van der Waals surface area contributed by atoms with Gasteiger partial charge < -0.3 is 14.5 Å². The molecule has 156 valence electrons. The van der Waals surface area contributed by atoms with Crippen molar-refractivity contribution in [3.63, 3.8) is 0 Å². The molecule has 0 aliphatic carbocycles. The highest BCUT2D eigenvalue weighted by molar-refractivity contribution is 6.07. The molecule has 0 aliphatic heterocycles. The molecule has 0 saturated heterocycles. The molecule has 0 radical (unpaired) electrons. The highest BCUT2D eigenvalue weighted by atomic mass is 16.5. The molecule has 4 rings (SSSR count). The van der Waals surface area contributed by atoms with Crippen molar-refractivity contribution in [1.29, 1.82) is 0 Å². The summed E-state index contributed by atoms with van der Waals surface area (Å²) in [7, 11) is 0. The number of nitrogens with one attached hydrogen (secondary N) is 1. The molecule has 2 aromatic carbocycles. The average Bonchev–Trinajstić information content (AvgIpc) is 3.47. The van der Waals surface area contributed by atoms with Crippen LogP contribution in [0.15, 0.2) is 83.5 Å². The van der Waals surface area contributed by atoms with Crippen molar-refractivity contribution in [2.45, 2.75) is 13.5 Å². The molecule has 4 aromatic rings. The molecule has 0 fully saturated rings. The predicted molar refractivity (Wildman–Crippen MR) is 116 cm³/mol. The van der Waals surface area contributed by atoms with Gasteiger partial charge in [0.05, 0.1) is 24.4 Å². The molecule has 0 unspecified atom stereocenters. The fraction of sp³-hybridized carbons (Fsp3) is 0.125. The Labute approximate surface area is 179 Å². The number of anilines is 1. The van der Waals surface area contributed by atoms with Gasteiger partial charge in [-0.3, -0.25) is 9.48 Å². The lowest BCUT2D eigenvalue weighted by Crippen LogP contribution is -2.15.